The highest BCUT2D eigenvalue weighted by Crippen LogP contribution is 2.36. The highest BCUT2D eigenvalue weighted by molar-refractivity contribution is 9.11. The van der Waals surface area contributed by atoms with Gasteiger partial charge in [0.2, 0.25) is 5.90 Å². The van der Waals surface area contributed by atoms with E-state index in [4.69, 9.17) is 9.47 Å². The molecule has 2 aromatic rings. The SMILES string of the molecule is C=C(C)COc1c(Br)cc(/C=C2\N=C(c3ccc(Br)cc3)OC2=O)cc1Br. The molecule has 0 amide bonds. The third-order valence-electron chi connectivity index (χ3n) is 3.50. The second-order valence-electron chi connectivity index (χ2n) is 5.90. The maximum Gasteiger partial charge on any atom is 0.363 e. The topological polar surface area (TPSA) is 47.9 Å². The van der Waals surface area contributed by atoms with Crippen molar-refractivity contribution in [1.82, 2.24) is 0 Å². The first-order chi connectivity index (χ1) is 12.8. The zero-order valence-electron chi connectivity index (χ0n) is 14.3. The van der Waals surface area contributed by atoms with Crippen molar-refractivity contribution in [1.29, 1.82) is 0 Å². The first kappa shape index (κ1) is 20.0. The zero-order valence-corrected chi connectivity index (χ0v) is 19.0. The number of hydrogen-bond acceptors (Lipinski definition) is 4. The van der Waals surface area contributed by atoms with Crippen molar-refractivity contribution in [3.63, 3.8) is 0 Å². The van der Waals surface area contributed by atoms with Crippen LogP contribution in [0.4, 0.5) is 0 Å². The maximum absolute atomic E-state index is 12.2. The van der Waals surface area contributed by atoms with Crippen LogP contribution in [0, 0.1) is 0 Å². The number of carbonyl (C=O) groups excluding carboxylic acids is 1. The van der Waals surface area contributed by atoms with Crippen LogP contribution in [0.2, 0.25) is 0 Å². The Balaban J connectivity index is 1.88. The number of nitrogens with zero attached hydrogens (tertiary/aromatic N) is 1. The monoisotopic (exact) mass is 553 g/mol. The largest absolute Gasteiger partial charge is 0.487 e. The van der Waals surface area contributed by atoms with E-state index in [9.17, 15) is 4.79 Å². The van der Waals surface area contributed by atoms with Gasteiger partial charge < -0.3 is 9.47 Å². The van der Waals surface area contributed by atoms with Crippen LogP contribution in [0.5, 0.6) is 5.75 Å². The fraction of sp³-hybridized carbons (Fsp3) is 0.100. The minimum Gasteiger partial charge on any atom is -0.487 e. The van der Waals surface area contributed by atoms with E-state index in [1.807, 2.05) is 43.3 Å². The summed E-state index contributed by atoms with van der Waals surface area (Å²) in [6, 6.07) is 11.1. The molecule has 0 saturated carbocycles. The summed E-state index contributed by atoms with van der Waals surface area (Å²) in [5.74, 6) is 0.481. The molecule has 7 heteroatoms. The summed E-state index contributed by atoms with van der Waals surface area (Å²) in [5, 5.41) is 0. The van der Waals surface area contributed by atoms with Crippen molar-refractivity contribution in [3.8, 4) is 5.75 Å². The van der Waals surface area contributed by atoms with Crippen LogP contribution >= 0.6 is 47.8 Å². The summed E-state index contributed by atoms with van der Waals surface area (Å²) in [6.45, 7) is 6.14. The van der Waals surface area contributed by atoms with Gasteiger partial charge in [-0.05, 0) is 92.4 Å². The number of cyclic esters (lactones) is 1. The minimum absolute atomic E-state index is 0.238. The van der Waals surface area contributed by atoms with Gasteiger partial charge >= 0.3 is 5.97 Å². The lowest BCUT2D eigenvalue weighted by atomic mass is 10.2. The molecule has 0 saturated heterocycles. The summed E-state index contributed by atoms with van der Waals surface area (Å²) < 4.78 is 13.5. The Kier molecular flexibility index (Phi) is 6.34. The molecule has 0 atom stereocenters. The third kappa shape index (κ3) is 4.97. The number of carbonyl (C=O) groups is 1. The van der Waals surface area contributed by atoms with Gasteiger partial charge in [0.15, 0.2) is 5.70 Å². The van der Waals surface area contributed by atoms with E-state index < -0.39 is 5.97 Å². The Labute approximate surface area is 182 Å². The number of ether oxygens (including phenoxy) is 2. The highest BCUT2D eigenvalue weighted by Gasteiger charge is 2.24. The average Bonchev–Trinajstić information content (AvgIpc) is 2.95. The number of hydrogen-bond donors (Lipinski definition) is 0. The first-order valence-electron chi connectivity index (χ1n) is 7.88. The normalized spacial score (nSPS) is 14.9. The quantitative estimate of drug-likeness (QED) is 0.248. The molecule has 1 aliphatic rings. The lowest BCUT2D eigenvalue weighted by Crippen LogP contribution is -2.05. The van der Waals surface area contributed by atoms with Crippen LogP contribution in [-0.4, -0.2) is 18.5 Å². The van der Waals surface area contributed by atoms with Gasteiger partial charge in [0.25, 0.3) is 0 Å². The smallest absolute Gasteiger partial charge is 0.363 e. The van der Waals surface area contributed by atoms with Crippen LogP contribution in [0.1, 0.15) is 18.1 Å². The van der Waals surface area contributed by atoms with Crippen LogP contribution in [0.15, 0.2) is 72.7 Å². The second-order valence-corrected chi connectivity index (χ2v) is 8.53. The van der Waals surface area contributed by atoms with E-state index in [-0.39, 0.29) is 5.70 Å². The molecular weight excluding hydrogens is 542 g/mol. The summed E-state index contributed by atoms with van der Waals surface area (Å²) >= 11 is 10.4. The van der Waals surface area contributed by atoms with Crippen LogP contribution < -0.4 is 4.74 Å². The predicted octanol–water partition coefficient (Wildman–Crippen LogP) is 6.27. The van der Waals surface area contributed by atoms with E-state index in [1.165, 1.54) is 0 Å². The summed E-state index contributed by atoms with van der Waals surface area (Å²) in [5.41, 5.74) is 2.68. The molecule has 2 aromatic carbocycles. The van der Waals surface area contributed by atoms with E-state index in [1.54, 1.807) is 6.08 Å². The lowest BCUT2D eigenvalue weighted by molar-refractivity contribution is -0.129. The van der Waals surface area contributed by atoms with Gasteiger partial charge in [0, 0.05) is 10.0 Å². The fourth-order valence-electron chi connectivity index (χ4n) is 2.28. The van der Waals surface area contributed by atoms with E-state index in [2.05, 4.69) is 59.4 Å². The van der Waals surface area contributed by atoms with Gasteiger partial charge in [0.1, 0.15) is 12.4 Å². The van der Waals surface area contributed by atoms with Gasteiger partial charge in [-0.1, -0.05) is 22.5 Å². The van der Waals surface area contributed by atoms with Gasteiger partial charge in [0.05, 0.1) is 8.95 Å². The third-order valence-corrected chi connectivity index (χ3v) is 5.21. The number of rotatable bonds is 5. The minimum atomic E-state index is -0.484. The summed E-state index contributed by atoms with van der Waals surface area (Å²) in [6.07, 6.45) is 1.67. The van der Waals surface area contributed by atoms with Crippen LogP contribution in [0.25, 0.3) is 6.08 Å². The van der Waals surface area contributed by atoms with Crippen molar-refractivity contribution >= 4 is 65.7 Å². The van der Waals surface area contributed by atoms with Crippen molar-refractivity contribution < 1.29 is 14.3 Å². The van der Waals surface area contributed by atoms with E-state index >= 15 is 0 Å². The molecule has 0 spiro atoms. The number of halogens is 3. The standard InChI is InChI=1S/C20H14Br3NO3/c1-11(2)10-26-18-15(22)7-12(8-16(18)23)9-17-20(25)27-19(24-17)13-3-5-14(21)6-4-13/h3-9H,1,10H2,2H3/b17-9-. The van der Waals surface area contributed by atoms with Crippen molar-refractivity contribution in [2.24, 2.45) is 4.99 Å². The van der Waals surface area contributed by atoms with E-state index in [0.717, 1.165) is 30.1 Å². The van der Waals surface area contributed by atoms with Gasteiger partial charge in [-0.25, -0.2) is 9.79 Å². The van der Waals surface area contributed by atoms with Gasteiger partial charge in [-0.2, -0.15) is 0 Å². The van der Waals surface area contributed by atoms with Crippen molar-refractivity contribution in [2.75, 3.05) is 6.61 Å². The second kappa shape index (κ2) is 8.54. The predicted molar refractivity (Wildman–Crippen MR) is 117 cm³/mol. The molecule has 0 bridgehead atoms. The van der Waals surface area contributed by atoms with Crippen molar-refractivity contribution in [3.05, 3.63) is 78.8 Å². The highest BCUT2D eigenvalue weighted by atomic mass is 79.9. The van der Waals surface area contributed by atoms with Crippen LogP contribution in [-0.2, 0) is 9.53 Å². The Morgan fingerprint density at radius 1 is 1.19 bits per heavy atom. The summed E-state index contributed by atoms with van der Waals surface area (Å²) in [7, 11) is 0. The molecule has 0 N–H and O–H groups in total. The molecular formula is C20H14Br3NO3. The Bertz CT molecular complexity index is 955. The molecule has 4 nitrogen and oxygen atoms in total. The Hall–Kier alpha value is -1.70. The average molecular weight is 556 g/mol. The summed E-state index contributed by atoms with van der Waals surface area (Å²) in [4.78, 5) is 16.5. The number of benzene rings is 2. The molecule has 138 valence electrons. The molecule has 0 aromatic heterocycles. The number of esters is 1. The fourth-order valence-corrected chi connectivity index (χ4v) is 3.99. The Morgan fingerprint density at radius 2 is 1.81 bits per heavy atom. The molecule has 0 radical (unpaired) electrons. The molecule has 1 heterocycles. The molecule has 27 heavy (non-hydrogen) atoms. The zero-order chi connectivity index (χ0) is 19.6. The molecule has 1 aliphatic heterocycles. The number of aliphatic imine (C=N–C) groups is 1. The van der Waals surface area contributed by atoms with Crippen molar-refractivity contribution in [2.45, 2.75) is 6.92 Å². The van der Waals surface area contributed by atoms with Crippen LogP contribution in [0.3, 0.4) is 0 Å². The maximum atomic E-state index is 12.2. The molecule has 3 rings (SSSR count). The lowest BCUT2D eigenvalue weighted by Gasteiger charge is -2.11. The van der Waals surface area contributed by atoms with Gasteiger partial charge in [-0.3, -0.25) is 0 Å². The Morgan fingerprint density at radius 3 is 2.41 bits per heavy atom. The molecule has 0 unspecified atom stereocenters. The molecule has 0 aliphatic carbocycles. The van der Waals surface area contributed by atoms with E-state index in [0.29, 0.717) is 18.3 Å². The van der Waals surface area contributed by atoms with Gasteiger partial charge in [-0.15, -0.1) is 0 Å². The first-order valence-corrected chi connectivity index (χ1v) is 10.3. The molecule has 0 fully saturated rings.